The average molecular weight is 409 g/mol. The SMILES string of the molecule is COc1ccc(-c2c(C#N)c(N)nc3c(C#N)c(NC(=O)c4ccccc4)nn23)cc1. The molecule has 1 amide bonds. The van der Waals surface area contributed by atoms with E-state index in [1.54, 1.807) is 61.7 Å². The molecule has 0 fully saturated rings. The monoisotopic (exact) mass is 409 g/mol. The Hall–Kier alpha value is -4.89. The summed E-state index contributed by atoms with van der Waals surface area (Å²) in [7, 11) is 1.55. The summed E-state index contributed by atoms with van der Waals surface area (Å²) in [5, 5.41) is 26.4. The van der Waals surface area contributed by atoms with Crippen LogP contribution in [0.5, 0.6) is 5.75 Å². The minimum atomic E-state index is -0.431. The third-order valence-corrected chi connectivity index (χ3v) is 4.65. The smallest absolute Gasteiger partial charge is 0.256 e. The molecule has 0 saturated heterocycles. The number of nitrogens with two attached hydrogens (primary N) is 1. The van der Waals surface area contributed by atoms with Crippen LogP contribution in [-0.2, 0) is 0 Å². The van der Waals surface area contributed by atoms with Crippen molar-refractivity contribution < 1.29 is 9.53 Å². The number of nitrogens with zero attached hydrogens (tertiary/aromatic N) is 5. The highest BCUT2D eigenvalue weighted by atomic mass is 16.5. The predicted octanol–water partition coefficient (Wildman–Crippen LogP) is 2.98. The summed E-state index contributed by atoms with van der Waals surface area (Å²) in [5.74, 6) is 0.181. The van der Waals surface area contributed by atoms with Crippen LogP contribution in [0.4, 0.5) is 11.6 Å². The largest absolute Gasteiger partial charge is 0.497 e. The van der Waals surface area contributed by atoms with E-state index in [9.17, 15) is 15.3 Å². The van der Waals surface area contributed by atoms with Gasteiger partial charge in [-0.1, -0.05) is 18.2 Å². The molecule has 0 bridgehead atoms. The number of rotatable bonds is 4. The van der Waals surface area contributed by atoms with E-state index in [2.05, 4.69) is 15.4 Å². The molecule has 0 aliphatic rings. The van der Waals surface area contributed by atoms with Gasteiger partial charge in [0.25, 0.3) is 5.91 Å². The number of amides is 1. The Bertz CT molecular complexity index is 1380. The van der Waals surface area contributed by atoms with Crippen molar-refractivity contribution in [3.8, 4) is 29.1 Å². The number of hydrogen-bond donors (Lipinski definition) is 2. The van der Waals surface area contributed by atoms with Gasteiger partial charge in [-0.25, -0.2) is 9.50 Å². The van der Waals surface area contributed by atoms with E-state index in [-0.39, 0.29) is 28.4 Å². The zero-order valence-corrected chi connectivity index (χ0v) is 16.3. The van der Waals surface area contributed by atoms with Gasteiger partial charge in [-0.2, -0.15) is 10.5 Å². The Morgan fingerprint density at radius 2 is 1.74 bits per heavy atom. The Balaban J connectivity index is 1.92. The number of methoxy groups -OCH3 is 1. The van der Waals surface area contributed by atoms with Crippen molar-refractivity contribution in [2.24, 2.45) is 0 Å². The second kappa shape index (κ2) is 7.85. The van der Waals surface area contributed by atoms with Crippen LogP contribution in [0.15, 0.2) is 54.6 Å². The zero-order valence-electron chi connectivity index (χ0n) is 16.3. The first-order valence-corrected chi connectivity index (χ1v) is 9.10. The van der Waals surface area contributed by atoms with Crippen molar-refractivity contribution in [2.75, 3.05) is 18.2 Å². The topological polar surface area (TPSA) is 142 Å². The van der Waals surface area contributed by atoms with E-state index in [1.807, 2.05) is 12.1 Å². The molecular formula is C22H15N7O2. The molecule has 0 aliphatic carbocycles. The normalized spacial score (nSPS) is 10.3. The number of carbonyl (C=O) groups excluding carboxylic acids is 1. The molecule has 0 aliphatic heterocycles. The van der Waals surface area contributed by atoms with Crippen LogP contribution in [-0.4, -0.2) is 27.6 Å². The predicted molar refractivity (Wildman–Crippen MR) is 113 cm³/mol. The van der Waals surface area contributed by atoms with Crippen LogP contribution in [0.25, 0.3) is 16.9 Å². The maximum absolute atomic E-state index is 12.6. The van der Waals surface area contributed by atoms with E-state index in [0.29, 0.717) is 22.6 Å². The first kappa shape index (κ1) is 19.4. The maximum atomic E-state index is 12.6. The van der Waals surface area contributed by atoms with Gasteiger partial charge < -0.3 is 15.8 Å². The van der Waals surface area contributed by atoms with Crippen molar-refractivity contribution in [3.63, 3.8) is 0 Å². The number of carbonyl (C=O) groups is 1. The lowest BCUT2D eigenvalue weighted by Gasteiger charge is -2.10. The van der Waals surface area contributed by atoms with Gasteiger partial charge in [-0.05, 0) is 36.4 Å². The second-order valence-electron chi connectivity index (χ2n) is 6.45. The van der Waals surface area contributed by atoms with Crippen LogP contribution in [0.3, 0.4) is 0 Å². The van der Waals surface area contributed by atoms with Gasteiger partial charge in [0.15, 0.2) is 11.5 Å². The Morgan fingerprint density at radius 1 is 1.06 bits per heavy atom. The van der Waals surface area contributed by atoms with E-state index in [0.717, 1.165) is 0 Å². The lowest BCUT2D eigenvalue weighted by molar-refractivity contribution is 0.102. The number of aromatic nitrogens is 3. The summed E-state index contributed by atoms with van der Waals surface area (Å²) < 4.78 is 6.53. The quantitative estimate of drug-likeness (QED) is 0.527. The van der Waals surface area contributed by atoms with Gasteiger partial charge in [-0.15, -0.1) is 5.10 Å². The summed E-state index contributed by atoms with van der Waals surface area (Å²) in [6.45, 7) is 0. The van der Waals surface area contributed by atoms with E-state index >= 15 is 0 Å². The number of nitrogen functional groups attached to an aromatic ring is 1. The standard InChI is InChI=1S/C22H15N7O2/c1-31-15-9-7-13(8-10-15)18-16(11-23)19(25)26-21-17(12-24)20(28-29(18)21)27-22(30)14-5-3-2-4-6-14/h2-10H,1H3,(H2,25,26)(H,27,28,30). The van der Waals surface area contributed by atoms with Crippen molar-refractivity contribution >= 4 is 23.2 Å². The van der Waals surface area contributed by atoms with Crippen molar-refractivity contribution in [3.05, 3.63) is 71.3 Å². The summed E-state index contributed by atoms with van der Waals surface area (Å²) in [6.07, 6.45) is 0. The van der Waals surface area contributed by atoms with Crippen molar-refractivity contribution in [2.45, 2.75) is 0 Å². The van der Waals surface area contributed by atoms with Crippen molar-refractivity contribution in [1.29, 1.82) is 10.5 Å². The minimum Gasteiger partial charge on any atom is -0.497 e. The highest BCUT2D eigenvalue weighted by Gasteiger charge is 2.23. The Morgan fingerprint density at radius 3 is 2.35 bits per heavy atom. The summed E-state index contributed by atoms with van der Waals surface area (Å²) in [4.78, 5) is 16.8. The highest BCUT2D eigenvalue weighted by molar-refractivity contribution is 6.04. The first-order valence-electron chi connectivity index (χ1n) is 9.10. The van der Waals surface area contributed by atoms with Gasteiger partial charge >= 0.3 is 0 Å². The minimum absolute atomic E-state index is 0.0214. The fourth-order valence-electron chi connectivity index (χ4n) is 3.15. The number of fused-ring (bicyclic) bond motifs is 1. The summed E-state index contributed by atoms with van der Waals surface area (Å²) in [5.41, 5.74) is 7.67. The van der Waals surface area contributed by atoms with E-state index in [4.69, 9.17) is 10.5 Å². The third kappa shape index (κ3) is 3.37. The maximum Gasteiger partial charge on any atom is 0.256 e. The second-order valence-corrected chi connectivity index (χ2v) is 6.45. The van der Waals surface area contributed by atoms with Crippen LogP contribution in [0, 0.1) is 22.7 Å². The molecule has 4 rings (SSSR count). The molecule has 2 heterocycles. The molecule has 0 saturated carbocycles. The molecule has 2 aromatic heterocycles. The van der Waals surface area contributed by atoms with Gasteiger partial charge in [-0.3, -0.25) is 4.79 Å². The van der Waals surface area contributed by atoms with E-state index in [1.165, 1.54) is 4.52 Å². The van der Waals surface area contributed by atoms with Crippen molar-refractivity contribution in [1.82, 2.24) is 14.6 Å². The molecular weight excluding hydrogens is 394 g/mol. The molecule has 31 heavy (non-hydrogen) atoms. The molecule has 4 aromatic rings. The lowest BCUT2D eigenvalue weighted by atomic mass is 10.1. The fraction of sp³-hybridized carbons (Fsp3) is 0.0455. The summed E-state index contributed by atoms with van der Waals surface area (Å²) in [6, 6.07) is 19.5. The number of anilines is 2. The molecule has 0 radical (unpaired) electrons. The third-order valence-electron chi connectivity index (χ3n) is 4.65. The number of ether oxygens (including phenoxy) is 1. The molecule has 0 spiro atoms. The average Bonchev–Trinajstić information content (AvgIpc) is 3.14. The highest BCUT2D eigenvalue weighted by Crippen LogP contribution is 2.31. The van der Waals surface area contributed by atoms with Gasteiger partial charge in [0.2, 0.25) is 0 Å². The van der Waals surface area contributed by atoms with Gasteiger partial charge in [0.1, 0.15) is 34.8 Å². The fourth-order valence-corrected chi connectivity index (χ4v) is 3.15. The first-order chi connectivity index (χ1) is 15.1. The number of nitrogens with one attached hydrogen (secondary N) is 1. The number of hydrogen-bond acceptors (Lipinski definition) is 7. The molecule has 150 valence electrons. The van der Waals surface area contributed by atoms with Gasteiger partial charge in [0.05, 0.1) is 12.8 Å². The molecule has 9 heteroatoms. The lowest BCUT2D eigenvalue weighted by Crippen LogP contribution is -2.13. The Kier molecular flexibility index (Phi) is 4.92. The molecule has 9 nitrogen and oxygen atoms in total. The number of benzene rings is 2. The van der Waals surface area contributed by atoms with E-state index < -0.39 is 5.91 Å². The molecule has 3 N–H and O–H groups in total. The Labute approximate surface area is 176 Å². The summed E-state index contributed by atoms with van der Waals surface area (Å²) >= 11 is 0. The van der Waals surface area contributed by atoms with Crippen LogP contribution < -0.4 is 15.8 Å². The number of nitriles is 2. The molecule has 0 atom stereocenters. The van der Waals surface area contributed by atoms with Crippen LogP contribution in [0.2, 0.25) is 0 Å². The zero-order chi connectivity index (χ0) is 22.0. The van der Waals surface area contributed by atoms with Crippen LogP contribution in [0.1, 0.15) is 21.5 Å². The molecule has 2 aromatic carbocycles. The molecule has 0 unspecified atom stereocenters. The van der Waals surface area contributed by atoms with Gasteiger partial charge in [0, 0.05) is 11.1 Å². The van der Waals surface area contributed by atoms with Crippen LogP contribution >= 0.6 is 0 Å².